The molecule has 0 bridgehead atoms. The summed E-state index contributed by atoms with van der Waals surface area (Å²) < 4.78 is 18.2. The highest BCUT2D eigenvalue weighted by molar-refractivity contribution is 6.33. The molecule has 20 heavy (non-hydrogen) atoms. The Labute approximate surface area is 122 Å². The number of hydrogen-bond acceptors (Lipinski definition) is 4. The van der Waals surface area contributed by atoms with Gasteiger partial charge in [-0.3, -0.25) is 0 Å². The summed E-state index contributed by atoms with van der Waals surface area (Å²) in [5.41, 5.74) is 6.01. The van der Waals surface area contributed by atoms with E-state index >= 15 is 0 Å². The smallest absolute Gasteiger partial charge is 0.226 e. The summed E-state index contributed by atoms with van der Waals surface area (Å²) in [5.74, 6) is 0.586. The molecule has 0 fully saturated rings. The average Bonchev–Trinajstić information content (AvgIpc) is 2.87. The first-order chi connectivity index (χ1) is 9.70. The standard InChI is InChI=1S/C14H17ClFN3O/c15-12-9-10(16)6-7-11(12)14-18-13(20-19-14)5-3-1-2-4-8-17/h6-7,9H,1-5,8,17H2. The highest BCUT2D eigenvalue weighted by Crippen LogP contribution is 2.26. The highest BCUT2D eigenvalue weighted by atomic mass is 35.5. The van der Waals surface area contributed by atoms with E-state index in [1.807, 2.05) is 0 Å². The molecule has 0 atom stereocenters. The second-order valence-corrected chi connectivity index (χ2v) is 5.00. The van der Waals surface area contributed by atoms with E-state index in [0.29, 0.717) is 17.3 Å². The number of nitrogens with zero attached hydrogens (tertiary/aromatic N) is 2. The molecular formula is C14H17ClFN3O. The Morgan fingerprint density at radius 3 is 2.75 bits per heavy atom. The zero-order valence-corrected chi connectivity index (χ0v) is 11.9. The number of rotatable bonds is 7. The molecule has 0 aliphatic rings. The lowest BCUT2D eigenvalue weighted by Gasteiger charge is -1.98. The number of halogens is 2. The molecule has 2 N–H and O–H groups in total. The van der Waals surface area contributed by atoms with Crippen molar-refractivity contribution in [2.75, 3.05) is 6.54 Å². The van der Waals surface area contributed by atoms with Gasteiger partial charge in [-0.05, 0) is 37.6 Å². The first-order valence-electron chi connectivity index (χ1n) is 6.69. The van der Waals surface area contributed by atoms with E-state index in [9.17, 15) is 4.39 Å². The van der Waals surface area contributed by atoms with Crippen LogP contribution in [0.5, 0.6) is 0 Å². The number of aromatic nitrogens is 2. The summed E-state index contributed by atoms with van der Waals surface area (Å²) in [6, 6.07) is 4.11. The largest absolute Gasteiger partial charge is 0.339 e. The lowest BCUT2D eigenvalue weighted by atomic mass is 10.1. The van der Waals surface area contributed by atoms with Crippen molar-refractivity contribution in [3.8, 4) is 11.4 Å². The van der Waals surface area contributed by atoms with E-state index in [2.05, 4.69) is 10.1 Å². The Bertz CT molecular complexity index is 559. The predicted octanol–water partition coefficient (Wildman–Crippen LogP) is 3.59. The van der Waals surface area contributed by atoms with Crippen LogP contribution in [0, 0.1) is 5.82 Å². The fourth-order valence-corrected chi connectivity index (χ4v) is 2.16. The maximum atomic E-state index is 13.0. The summed E-state index contributed by atoms with van der Waals surface area (Å²) >= 11 is 5.96. The maximum Gasteiger partial charge on any atom is 0.226 e. The van der Waals surface area contributed by atoms with Gasteiger partial charge in [0.05, 0.1) is 5.02 Å². The monoisotopic (exact) mass is 297 g/mol. The highest BCUT2D eigenvalue weighted by Gasteiger charge is 2.12. The van der Waals surface area contributed by atoms with Crippen molar-refractivity contribution < 1.29 is 8.91 Å². The first-order valence-corrected chi connectivity index (χ1v) is 7.06. The Kier molecular flexibility index (Phi) is 5.49. The number of unbranched alkanes of at least 4 members (excludes halogenated alkanes) is 3. The molecule has 0 spiro atoms. The van der Waals surface area contributed by atoms with E-state index in [1.54, 1.807) is 6.07 Å². The molecule has 0 amide bonds. The molecule has 0 saturated carbocycles. The molecule has 108 valence electrons. The Morgan fingerprint density at radius 1 is 1.20 bits per heavy atom. The number of hydrogen-bond donors (Lipinski definition) is 1. The fourth-order valence-electron chi connectivity index (χ4n) is 1.91. The lowest BCUT2D eigenvalue weighted by Crippen LogP contribution is -1.97. The summed E-state index contributed by atoms with van der Waals surface area (Å²) in [6.45, 7) is 0.730. The Morgan fingerprint density at radius 2 is 2.00 bits per heavy atom. The second kappa shape index (κ2) is 7.36. The molecule has 4 nitrogen and oxygen atoms in total. The predicted molar refractivity (Wildman–Crippen MR) is 75.9 cm³/mol. The van der Waals surface area contributed by atoms with Crippen molar-refractivity contribution in [1.82, 2.24) is 10.1 Å². The number of aryl methyl sites for hydroxylation is 1. The van der Waals surface area contributed by atoms with Crippen LogP contribution in [0.4, 0.5) is 4.39 Å². The van der Waals surface area contributed by atoms with Crippen LogP contribution in [0.2, 0.25) is 5.02 Å². The minimum Gasteiger partial charge on any atom is -0.339 e. The minimum atomic E-state index is -0.387. The molecule has 1 aromatic carbocycles. The molecule has 2 rings (SSSR count). The van der Waals surface area contributed by atoms with Crippen molar-refractivity contribution >= 4 is 11.6 Å². The van der Waals surface area contributed by atoms with Crippen molar-refractivity contribution in [3.05, 3.63) is 34.9 Å². The molecule has 6 heteroatoms. The van der Waals surface area contributed by atoms with Gasteiger partial charge in [0.1, 0.15) is 5.82 Å². The first kappa shape index (κ1) is 14.9. The van der Waals surface area contributed by atoms with Crippen LogP contribution in [0.25, 0.3) is 11.4 Å². The van der Waals surface area contributed by atoms with Gasteiger partial charge in [0.15, 0.2) is 0 Å². The number of benzene rings is 1. The molecule has 0 aliphatic carbocycles. The van der Waals surface area contributed by atoms with Gasteiger partial charge >= 0.3 is 0 Å². The zero-order chi connectivity index (χ0) is 14.4. The van der Waals surface area contributed by atoms with Crippen LogP contribution in [0.15, 0.2) is 22.7 Å². The van der Waals surface area contributed by atoms with Gasteiger partial charge in [-0.2, -0.15) is 4.98 Å². The summed E-state index contributed by atoms with van der Waals surface area (Å²) in [6.07, 6.45) is 4.96. The number of nitrogens with two attached hydrogens (primary N) is 1. The fraction of sp³-hybridized carbons (Fsp3) is 0.429. The molecule has 0 saturated heterocycles. The van der Waals surface area contributed by atoms with E-state index in [1.165, 1.54) is 12.1 Å². The van der Waals surface area contributed by atoms with Crippen molar-refractivity contribution in [1.29, 1.82) is 0 Å². The van der Waals surface area contributed by atoms with Gasteiger partial charge in [-0.15, -0.1) is 0 Å². The van der Waals surface area contributed by atoms with Gasteiger partial charge < -0.3 is 10.3 Å². The van der Waals surface area contributed by atoms with E-state index < -0.39 is 0 Å². The summed E-state index contributed by atoms with van der Waals surface area (Å²) in [5, 5.41) is 4.16. The van der Waals surface area contributed by atoms with Crippen LogP contribution in [0.1, 0.15) is 31.6 Å². The van der Waals surface area contributed by atoms with Crippen molar-refractivity contribution in [2.45, 2.75) is 32.1 Å². The Hall–Kier alpha value is -1.46. The van der Waals surface area contributed by atoms with Crippen LogP contribution in [-0.2, 0) is 6.42 Å². The van der Waals surface area contributed by atoms with Crippen molar-refractivity contribution in [3.63, 3.8) is 0 Å². The third-order valence-corrected chi connectivity index (χ3v) is 3.30. The van der Waals surface area contributed by atoms with Crippen molar-refractivity contribution in [2.24, 2.45) is 5.73 Å². The van der Waals surface area contributed by atoms with E-state index in [0.717, 1.165) is 38.6 Å². The lowest BCUT2D eigenvalue weighted by molar-refractivity contribution is 0.374. The summed E-state index contributed by atoms with van der Waals surface area (Å²) in [7, 11) is 0. The van der Waals surface area contributed by atoms with Gasteiger partial charge in [0.2, 0.25) is 11.7 Å². The van der Waals surface area contributed by atoms with Gasteiger partial charge in [0.25, 0.3) is 0 Å². The third kappa shape index (κ3) is 4.02. The zero-order valence-electron chi connectivity index (χ0n) is 11.1. The summed E-state index contributed by atoms with van der Waals surface area (Å²) in [4.78, 5) is 4.28. The molecular weight excluding hydrogens is 281 g/mol. The normalized spacial score (nSPS) is 10.9. The molecule has 1 heterocycles. The SMILES string of the molecule is NCCCCCCc1nc(-c2ccc(F)cc2Cl)no1. The average molecular weight is 298 g/mol. The van der Waals surface area contributed by atoms with Gasteiger partial charge in [0, 0.05) is 12.0 Å². The van der Waals surface area contributed by atoms with Crippen LogP contribution in [-0.4, -0.2) is 16.7 Å². The minimum absolute atomic E-state index is 0.278. The third-order valence-electron chi connectivity index (χ3n) is 2.98. The second-order valence-electron chi connectivity index (χ2n) is 4.59. The van der Waals surface area contributed by atoms with Gasteiger partial charge in [-0.25, -0.2) is 4.39 Å². The van der Waals surface area contributed by atoms with Crippen LogP contribution in [0.3, 0.4) is 0 Å². The quantitative estimate of drug-likeness (QED) is 0.793. The molecule has 2 aromatic rings. The van der Waals surface area contributed by atoms with Crippen LogP contribution >= 0.6 is 11.6 Å². The van der Waals surface area contributed by atoms with E-state index in [-0.39, 0.29) is 10.8 Å². The molecule has 1 aromatic heterocycles. The molecule has 0 radical (unpaired) electrons. The van der Waals surface area contributed by atoms with E-state index in [4.69, 9.17) is 21.9 Å². The van der Waals surface area contributed by atoms with Crippen LogP contribution < -0.4 is 5.73 Å². The van der Waals surface area contributed by atoms with Gasteiger partial charge in [-0.1, -0.05) is 29.6 Å². The molecule has 0 unspecified atom stereocenters. The maximum absolute atomic E-state index is 13.0. The molecule has 0 aliphatic heterocycles. The Balaban J connectivity index is 1.95. The topological polar surface area (TPSA) is 64.9 Å².